The van der Waals surface area contributed by atoms with Gasteiger partial charge in [-0.05, 0) is 38.5 Å². The van der Waals surface area contributed by atoms with Crippen LogP contribution in [0.4, 0.5) is 0 Å². The zero-order valence-corrected chi connectivity index (χ0v) is 33.3. The van der Waals surface area contributed by atoms with Crippen molar-refractivity contribution < 1.29 is 42.1 Å². The maximum absolute atomic E-state index is 12.6. The van der Waals surface area contributed by atoms with Gasteiger partial charge in [-0.15, -0.1) is 0 Å². The molecule has 0 saturated heterocycles. The van der Waals surface area contributed by atoms with Gasteiger partial charge in [-0.2, -0.15) is 0 Å². The third-order valence-corrected chi connectivity index (χ3v) is 9.53. The molecule has 0 aliphatic rings. The zero-order chi connectivity index (χ0) is 36.5. The maximum Gasteiger partial charge on any atom is 0.472 e. The molecule has 0 fully saturated rings. The number of rotatable bonds is 36. The van der Waals surface area contributed by atoms with Crippen LogP contribution in [-0.2, 0) is 32.7 Å². The van der Waals surface area contributed by atoms with Crippen LogP contribution in [0.5, 0.6) is 0 Å². The van der Waals surface area contributed by atoms with E-state index in [1.165, 1.54) is 89.9 Å². The van der Waals surface area contributed by atoms with Crippen molar-refractivity contribution in [3.63, 3.8) is 0 Å². The van der Waals surface area contributed by atoms with Gasteiger partial charge in [0.15, 0.2) is 6.10 Å². The smallest absolute Gasteiger partial charge is 0.462 e. The number of unbranched alkanes of at least 4 members (excludes halogenated alkanes) is 20. The first-order valence-corrected chi connectivity index (χ1v) is 21.4. The number of likely N-dealkylation sites (N-methyl/N-ethyl adjacent to an activating group) is 1. The molecule has 0 heterocycles. The standard InChI is InChI=1S/C39H76NO8P/c1-6-8-10-12-14-16-18-19-20-22-24-26-28-30-32-39(42)48-37(36-47-49(43,44)46-34-33-40(3,4)5)35-45-38(41)31-29-27-25-23-21-17-15-13-11-9-7-2/h18-19,37H,6-17,20-36H2,1-5H3/p+1/b19-18-/t37-/m0/s1. The molecule has 0 spiro atoms. The summed E-state index contributed by atoms with van der Waals surface area (Å²) in [4.78, 5) is 35.2. The molecule has 0 rings (SSSR count). The SMILES string of the molecule is CCCCCCC/C=C\CCCCCCCC(=O)O[C@@H](COC(=O)CCCCCCCCCCCCC)COP(=O)(O)OCC[N+](C)(C)C. The predicted molar refractivity (Wildman–Crippen MR) is 201 cm³/mol. The van der Waals surface area contributed by atoms with Crippen LogP contribution in [-0.4, -0.2) is 74.9 Å². The molecule has 49 heavy (non-hydrogen) atoms. The Balaban J connectivity index is 4.42. The first-order valence-electron chi connectivity index (χ1n) is 19.9. The molecule has 10 heteroatoms. The average molecular weight is 719 g/mol. The number of hydrogen-bond acceptors (Lipinski definition) is 7. The van der Waals surface area contributed by atoms with Crippen molar-refractivity contribution in [2.45, 2.75) is 180 Å². The summed E-state index contributed by atoms with van der Waals surface area (Å²) >= 11 is 0. The van der Waals surface area contributed by atoms with E-state index < -0.39 is 26.5 Å². The lowest BCUT2D eigenvalue weighted by Gasteiger charge is -2.24. The Morgan fingerprint density at radius 3 is 1.51 bits per heavy atom. The minimum atomic E-state index is -4.36. The van der Waals surface area contributed by atoms with Gasteiger partial charge < -0.3 is 18.9 Å². The molecular weight excluding hydrogens is 641 g/mol. The fraction of sp³-hybridized carbons (Fsp3) is 0.897. The molecule has 2 atom stereocenters. The summed E-state index contributed by atoms with van der Waals surface area (Å²) < 4.78 is 34.2. The molecule has 0 radical (unpaired) electrons. The first-order chi connectivity index (χ1) is 23.5. The summed E-state index contributed by atoms with van der Waals surface area (Å²) in [6.45, 7) is 4.39. The zero-order valence-electron chi connectivity index (χ0n) is 32.4. The van der Waals surface area contributed by atoms with E-state index in [0.29, 0.717) is 23.9 Å². The van der Waals surface area contributed by atoms with Crippen LogP contribution in [0.25, 0.3) is 0 Å². The van der Waals surface area contributed by atoms with Gasteiger partial charge in [0.05, 0.1) is 27.7 Å². The third-order valence-electron chi connectivity index (χ3n) is 8.55. The lowest BCUT2D eigenvalue weighted by Crippen LogP contribution is -2.37. The Morgan fingerprint density at radius 2 is 1.04 bits per heavy atom. The van der Waals surface area contributed by atoms with Gasteiger partial charge in [0.25, 0.3) is 0 Å². The molecule has 1 unspecified atom stereocenters. The lowest BCUT2D eigenvalue weighted by molar-refractivity contribution is -0.870. The van der Waals surface area contributed by atoms with Gasteiger partial charge in [0.1, 0.15) is 19.8 Å². The topological polar surface area (TPSA) is 108 Å². The second-order valence-corrected chi connectivity index (χ2v) is 16.1. The highest BCUT2D eigenvalue weighted by atomic mass is 31.2. The summed E-state index contributed by atoms with van der Waals surface area (Å²) in [5.41, 5.74) is 0. The summed E-state index contributed by atoms with van der Waals surface area (Å²) in [5, 5.41) is 0. The summed E-state index contributed by atoms with van der Waals surface area (Å²) in [5.74, 6) is -0.805. The second kappa shape index (κ2) is 32.6. The van der Waals surface area contributed by atoms with Crippen molar-refractivity contribution in [3.8, 4) is 0 Å². The number of allylic oxidation sites excluding steroid dienone is 2. The maximum atomic E-state index is 12.6. The summed E-state index contributed by atoms with van der Waals surface area (Å²) in [6, 6.07) is 0. The lowest BCUT2D eigenvalue weighted by atomic mass is 10.1. The fourth-order valence-electron chi connectivity index (χ4n) is 5.36. The van der Waals surface area contributed by atoms with Crippen LogP contribution in [0, 0.1) is 0 Å². The van der Waals surface area contributed by atoms with E-state index in [0.717, 1.165) is 51.4 Å². The molecule has 0 aliphatic carbocycles. The molecule has 0 saturated carbocycles. The van der Waals surface area contributed by atoms with Crippen molar-refractivity contribution in [1.29, 1.82) is 0 Å². The molecule has 0 aromatic heterocycles. The minimum Gasteiger partial charge on any atom is -0.462 e. The molecule has 0 bridgehead atoms. The van der Waals surface area contributed by atoms with Crippen molar-refractivity contribution in [2.75, 3.05) is 47.5 Å². The highest BCUT2D eigenvalue weighted by molar-refractivity contribution is 7.47. The predicted octanol–water partition coefficient (Wildman–Crippen LogP) is 10.6. The summed E-state index contributed by atoms with van der Waals surface area (Å²) in [7, 11) is 1.48. The number of esters is 2. The summed E-state index contributed by atoms with van der Waals surface area (Å²) in [6.07, 6.45) is 31.1. The molecular formula is C39H77NO8P+. The molecule has 1 N–H and O–H groups in total. The molecule has 9 nitrogen and oxygen atoms in total. The number of carbonyl (C=O) groups is 2. The van der Waals surface area contributed by atoms with Gasteiger partial charge in [-0.1, -0.05) is 135 Å². The van der Waals surface area contributed by atoms with Crippen molar-refractivity contribution in [1.82, 2.24) is 0 Å². The third kappa shape index (κ3) is 36.3. The van der Waals surface area contributed by atoms with Crippen molar-refractivity contribution in [3.05, 3.63) is 12.2 Å². The molecule has 0 aromatic rings. The number of nitrogens with zero attached hydrogens (tertiary/aromatic N) is 1. The van der Waals surface area contributed by atoms with Gasteiger partial charge in [0.2, 0.25) is 0 Å². The van der Waals surface area contributed by atoms with Crippen LogP contribution < -0.4 is 0 Å². The van der Waals surface area contributed by atoms with Crippen LogP contribution in [0.2, 0.25) is 0 Å². The van der Waals surface area contributed by atoms with Crippen LogP contribution in [0.1, 0.15) is 174 Å². The first kappa shape index (κ1) is 47.8. The van der Waals surface area contributed by atoms with E-state index in [4.69, 9.17) is 18.5 Å². The average Bonchev–Trinajstić information content (AvgIpc) is 3.04. The van der Waals surface area contributed by atoms with Crippen LogP contribution in [0.3, 0.4) is 0 Å². The van der Waals surface area contributed by atoms with Gasteiger partial charge in [-0.25, -0.2) is 4.57 Å². The molecule has 290 valence electrons. The number of phosphoric acid groups is 1. The molecule has 0 aromatic carbocycles. The number of carbonyl (C=O) groups excluding carboxylic acids is 2. The van der Waals surface area contributed by atoms with E-state index in [2.05, 4.69) is 26.0 Å². The van der Waals surface area contributed by atoms with E-state index >= 15 is 0 Å². The Morgan fingerprint density at radius 1 is 0.612 bits per heavy atom. The minimum absolute atomic E-state index is 0.0328. The Labute approximate surface area is 301 Å². The molecule has 0 aliphatic heterocycles. The monoisotopic (exact) mass is 719 g/mol. The van der Waals surface area contributed by atoms with Crippen molar-refractivity contribution >= 4 is 19.8 Å². The largest absolute Gasteiger partial charge is 0.472 e. The van der Waals surface area contributed by atoms with E-state index in [1.807, 2.05) is 21.1 Å². The normalized spacial score (nSPS) is 13.8. The van der Waals surface area contributed by atoms with E-state index in [1.54, 1.807) is 0 Å². The van der Waals surface area contributed by atoms with E-state index in [9.17, 15) is 19.0 Å². The van der Waals surface area contributed by atoms with Gasteiger partial charge in [0, 0.05) is 12.8 Å². The number of ether oxygens (including phenoxy) is 2. The molecule has 0 amide bonds. The van der Waals surface area contributed by atoms with Crippen molar-refractivity contribution in [2.24, 2.45) is 0 Å². The van der Waals surface area contributed by atoms with Crippen LogP contribution in [0.15, 0.2) is 12.2 Å². The number of hydrogen-bond donors (Lipinski definition) is 1. The van der Waals surface area contributed by atoms with Gasteiger partial charge in [-0.3, -0.25) is 18.6 Å². The fourth-order valence-corrected chi connectivity index (χ4v) is 6.10. The van der Waals surface area contributed by atoms with Gasteiger partial charge >= 0.3 is 19.8 Å². The number of phosphoric ester groups is 1. The highest BCUT2D eigenvalue weighted by Crippen LogP contribution is 2.43. The Hall–Kier alpha value is -1.25. The second-order valence-electron chi connectivity index (χ2n) is 14.7. The Kier molecular flexibility index (Phi) is 31.8. The Bertz CT molecular complexity index is 860. The number of quaternary nitrogens is 1. The van der Waals surface area contributed by atoms with Crippen LogP contribution >= 0.6 is 7.82 Å². The van der Waals surface area contributed by atoms with E-state index in [-0.39, 0.29) is 25.6 Å². The highest BCUT2D eigenvalue weighted by Gasteiger charge is 2.27. The quantitative estimate of drug-likeness (QED) is 0.0224.